The van der Waals surface area contributed by atoms with E-state index in [4.69, 9.17) is 11.5 Å². The summed E-state index contributed by atoms with van der Waals surface area (Å²) in [6, 6.07) is 8.65. The Hall–Kier alpha value is -2.47. The maximum Gasteiger partial charge on any atom is 0.250 e. The molecule has 0 radical (unpaired) electrons. The monoisotopic (exact) mass is 243 g/mol. The summed E-state index contributed by atoms with van der Waals surface area (Å²) in [5.74, 6) is 0.599. The number of amides is 1. The molecule has 5 N–H and O–H groups in total. The van der Waals surface area contributed by atoms with Crippen molar-refractivity contribution >= 4 is 17.4 Å². The van der Waals surface area contributed by atoms with Crippen LogP contribution in [0, 0.1) is 0 Å². The Labute approximate surface area is 104 Å². The number of carbonyl (C=O) groups is 1. The highest BCUT2D eigenvalue weighted by molar-refractivity contribution is 5.99. The zero-order valence-electron chi connectivity index (χ0n) is 9.63. The third kappa shape index (κ3) is 2.61. The number of nitrogens with zero attached hydrogens (tertiary/aromatic N) is 2. The molecule has 18 heavy (non-hydrogen) atoms. The topological polar surface area (TPSA) is 107 Å². The number of hydrogen-bond donors (Lipinski definition) is 3. The van der Waals surface area contributed by atoms with Crippen molar-refractivity contribution in [1.82, 2.24) is 9.97 Å². The van der Waals surface area contributed by atoms with Crippen LogP contribution in [0.3, 0.4) is 0 Å². The second-order valence-electron chi connectivity index (χ2n) is 3.60. The Morgan fingerprint density at radius 1 is 1.28 bits per heavy atom. The van der Waals surface area contributed by atoms with E-state index in [0.717, 1.165) is 0 Å². The molecule has 1 amide bonds. The lowest BCUT2D eigenvalue weighted by Crippen LogP contribution is -2.13. The van der Waals surface area contributed by atoms with Crippen molar-refractivity contribution < 1.29 is 4.79 Å². The van der Waals surface area contributed by atoms with E-state index in [1.165, 1.54) is 0 Å². The van der Waals surface area contributed by atoms with Gasteiger partial charge in [0.05, 0.1) is 17.8 Å². The lowest BCUT2D eigenvalue weighted by molar-refractivity contribution is 0.100. The Morgan fingerprint density at radius 3 is 2.78 bits per heavy atom. The van der Waals surface area contributed by atoms with E-state index in [0.29, 0.717) is 22.9 Å². The van der Waals surface area contributed by atoms with Crippen molar-refractivity contribution in [3.8, 4) is 0 Å². The van der Waals surface area contributed by atoms with Crippen LogP contribution in [0.5, 0.6) is 0 Å². The van der Waals surface area contributed by atoms with Gasteiger partial charge >= 0.3 is 0 Å². The van der Waals surface area contributed by atoms with Gasteiger partial charge in [-0.3, -0.25) is 4.79 Å². The van der Waals surface area contributed by atoms with Crippen molar-refractivity contribution in [3.05, 3.63) is 47.9 Å². The molecule has 92 valence electrons. The molecule has 0 saturated heterocycles. The smallest absolute Gasteiger partial charge is 0.250 e. The molecule has 0 aliphatic carbocycles. The molecular formula is C12H13N5O. The van der Waals surface area contributed by atoms with E-state index >= 15 is 0 Å². The summed E-state index contributed by atoms with van der Waals surface area (Å²) >= 11 is 0. The van der Waals surface area contributed by atoms with Crippen LogP contribution in [-0.2, 0) is 6.54 Å². The third-order valence-corrected chi connectivity index (χ3v) is 2.34. The number of rotatable bonds is 4. The highest BCUT2D eigenvalue weighted by Crippen LogP contribution is 2.18. The molecule has 0 aliphatic heterocycles. The van der Waals surface area contributed by atoms with E-state index in [-0.39, 0.29) is 6.54 Å². The van der Waals surface area contributed by atoms with Gasteiger partial charge < -0.3 is 16.8 Å². The first-order chi connectivity index (χ1) is 8.70. The zero-order chi connectivity index (χ0) is 13.0. The summed E-state index contributed by atoms with van der Waals surface area (Å²) in [5.41, 5.74) is 11.8. The van der Waals surface area contributed by atoms with Crippen molar-refractivity contribution in [1.29, 1.82) is 0 Å². The lowest BCUT2D eigenvalue weighted by atomic mass is 10.1. The first-order valence-corrected chi connectivity index (χ1v) is 5.38. The van der Waals surface area contributed by atoms with E-state index in [9.17, 15) is 4.79 Å². The summed E-state index contributed by atoms with van der Waals surface area (Å²) in [7, 11) is 0. The Kier molecular flexibility index (Phi) is 3.49. The molecule has 0 spiro atoms. The highest BCUT2D eigenvalue weighted by Gasteiger charge is 2.07. The number of carbonyl (C=O) groups excluding carboxylic acids is 1. The summed E-state index contributed by atoms with van der Waals surface area (Å²) in [5, 5.41) is 3.02. The lowest BCUT2D eigenvalue weighted by Gasteiger charge is -2.09. The molecule has 1 heterocycles. The molecule has 2 rings (SSSR count). The molecule has 1 aromatic carbocycles. The molecule has 2 aromatic rings. The molecule has 6 nitrogen and oxygen atoms in total. The van der Waals surface area contributed by atoms with Crippen molar-refractivity contribution in [2.75, 3.05) is 5.32 Å². The van der Waals surface area contributed by atoms with Crippen LogP contribution in [0.4, 0.5) is 11.5 Å². The van der Waals surface area contributed by atoms with Crippen LogP contribution >= 0.6 is 0 Å². The van der Waals surface area contributed by atoms with Gasteiger partial charge in [-0.25, -0.2) is 9.97 Å². The van der Waals surface area contributed by atoms with Gasteiger partial charge in [-0.2, -0.15) is 0 Å². The average molecular weight is 243 g/mol. The maximum absolute atomic E-state index is 11.3. The molecule has 0 aliphatic rings. The highest BCUT2D eigenvalue weighted by atomic mass is 16.1. The molecule has 0 unspecified atom stereocenters. The van der Waals surface area contributed by atoms with Gasteiger partial charge in [-0.15, -0.1) is 0 Å². The normalized spacial score (nSPS) is 10.1. The Morgan fingerprint density at radius 2 is 2.06 bits per heavy atom. The van der Waals surface area contributed by atoms with Crippen molar-refractivity contribution in [2.24, 2.45) is 11.5 Å². The van der Waals surface area contributed by atoms with E-state index < -0.39 is 5.91 Å². The molecule has 0 fully saturated rings. The quantitative estimate of drug-likeness (QED) is 0.735. The number of aromatic nitrogens is 2. The first-order valence-electron chi connectivity index (χ1n) is 5.38. The molecule has 0 saturated carbocycles. The van der Waals surface area contributed by atoms with Crippen LogP contribution < -0.4 is 16.8 Å². The van der Waals surface area contributed by atoms with Crippen LogP contribution in [0.25, 0.3) is 0 Å². The van der Waals surface area contributed by atoms with Gasteiger partial charge in [0.25, 0.3) is 5.91 Å². The predicted molar refractivity (Wildman–Crippen MR) is 68.2 cm³/mol. The van der Waals surface area contributed by atoms with E-state index in [1.807, 2.05) is 0 Å². The fourth-order valence-corrected chi connectivity index (χ4v) is 1.51. The maximum atomic E-state index is 11.3. The molecule has 0 atom stereocenters. The number of nitrogens with two attached hydrogens (primary N) is 2. The predicted octanol–water partition coefficient (Wildman–Crippen LogP) is 0.778. The first kappa shape index (κ1) is 12.0. The van der Waals surface area contributed by atoms with Crippen molar-refractivity contribution in [3.63, 3.8) is 0 Å². The summed E-state index contributed by atoms with van der Waals surface area (Å²) < 4.78 is 0. The van der Waals surface area contributed by atoms with Gasteiger partial charge in [0.2, 0.25) is 0 Å². The Bertz CT molecular complexity index is 570. The molecule has 0 bridgehead atoms. The molecule has 6 heteroatoms. The molecular weight excluding hydrogens is 230 g/mol. The fraction of sp³-hybridized carbons (Fsp3) is 0.0833. The van der Waals surface area contributed by atoms with Gasteiger partial charge in [0, 0.05) is 6.20 Å². The largest absolute Gasteiger partial charge is 0.366 e. The number of para-hydroxylation sites is 1. The second-order valence-corrected chi connectivity index (χ2v) is 3.60. The van der Waals surface area contributed by atoms with Crippen LogP contribution in [0.15, 0.2) is 36.5 Å². The van der Waals surface area contributed by atoms with Gasteiger partial charge in [0.1, 0.15) is 11.6 Å². The SMILES string of the molecule is NCc1nccc(Nc2ccccc2C(N)=O)n1. The summed E-state index contributed by atoms with van der Waals surface area (Å²) in [6.07, 6.45) is 1.60. The minimum atomic E-state index is -0.494. The van der Waals surface area contributed by atoms with Crippen LogP contribution in [0.2, 0.25) is 0 Å². The van der Waals surface area contributed by atoms with Crippen molar-refractivity contribution in [2.45, 2.75) is 6.54 Å². The van der Waals surface area contributed by atoms with Gasteiger partial charge in [-0.05, 0) is 18.2 Å². The number of primary amides is 1. The Balaban J connectivity index is 2.31. The second kappa shape index (κ2) is 5.24. The number of anilines is 2. The summed E-state index contributed by atoms with van der Waals surface area (Å²) in [6.45, 7) is 0.257. The van der Waals surface area contributed by atoms with Crippen LogP contribution in [0.1, 0.15) is 16.2 Å². The summed E-state index contributed by atoms with van der Waals surface area (Å²) in [4.78, 5) is 19.4. The van der Waals surface area contributed by atoms with E-state index in [2.05, 4.69) is 15.3 Å². The van der Waals surface area contributed by atoms with Crippen LogP contribution in [-0.4, -0.2) is 15.9 Å². The minimum absolute atomic E-state index is 0.257. The van der Waals surface area contributed by atoms with Gasteiger partial charge in [0.15, 0.2) is 0 Å². The average Bonchev–Trinajstić information content (AvgIpc) is 2.39. The number of hydrogen-bond acceptors (Lipinski definition) is 5. The van der Waals surface area contributed by atoms with E-state index in [1.54, 1.807) is 36.5 Å². The third-order valence-electron chi connectivity index (χ3n) is 2.34. The number of nitrogens with one attached hydrogen (secondary N) is 1. The zero-order valence-corrected chi connectivity index (χ0v) is 9.63. The number of benzene rings is 1. The minimum Gasteiger partial charge on any atom is -0.366 e. The fourth-order valence-electron chi connectivity index (χ4n) is 1.51. The standard InChI is InChI=1S/C12H13N5O/c13-7-11-15-6-5-10(17-11)16-9-4-2-1-3-8(9)12(14)18/h1-6H,7,13H2,(H2,14,18)(H,15,16,17). The van der Waals surface area contributed by atoms with Gasteiger partial charge in [-0.1, -0.05) is 12.1 Å². The molecule has 1 aromatic heterocycles.